The molecular formula is C15H21ClN4O. The first-order chi connectivity index (χ1) is 10.1. The lowest BCUT2D eigenvalue weighted by atomic mass is 10.0. The summed E-state index contributed by atoms with van der Waals surface area (Å²) in [6, 6.07) is 4.22. The number of halogens is 1. The molecule has 0 saturated carbocycles. The van der Waals surface area contributed by atoms with Crippen LogP contribution in [0, 0.1) is 0 Å². The van der Waals surface area contributed by atoms with E-state index in [-0.39, 0.29) is 12.1 Å². The summed E-state index contributed by atoms with van der Waals surface area (Å²) in [6.07, 6.45) is 4.31. The standard InChI is InChI=1S/C15H21ClN4O/c1-10(2)20-15(12(16)9-19-20)13(17-3)7-11-5-6-14(21-4)18-8-11/h5-6,8-10,13,17H,7H2,1-4H3. The minimum atomic E-state index is 0.0811. The van der Waals surface area contributed by atoms with Crippen LogP contribution in [0.5, 0.6) is 5.88 Å². The predicted molar refractivity (Wildman–Crippen MR) is 83.9 cm³/mol. The van der Waals surface area contributed by atoms with Crippen molar-refractivity contribution in [3.63, 3.8) is 0 Å². The third kappa shape index (κ3) is 3.54. The monoisotopic (exact) mass is 308 g/mol. The topological polar surface area (TPSA) is 52.0 Å². The first kappa shape index (κ1) is 15.8. The predicted octanol–water partition coefficient (Wildman–Crippen LogP) is 3.02. The van der Waals surface area contributed by atoms with Gasteiger partial charge in [-0.1, -0.05) is 17.7 Å². The molecule has 1 atom stereocenters. The molecule has 21 heavy (non-hydrogen) atoms. The summed E-state index contributed by atoms with van der Waals surface area (Å²) in [5.41, 5.74) is 2.12. The summed E-state index contributed by atoms with van der Waals surface area (Å²) in [7, 11) is 3.54. The zero-order chi connectivity index (χ0) is 15.4. The van der Waals surface area contributed by atoms with Crippen molar-refractivity contribution >= 4 is 11.6 Å². The molecule has 5 nitrogen and oxygen atoms in total. The molecule has 0 bridgehead atoms. The highest BCUT2D eigenvalue weighted by molar-refractivity contribution is 6.31. The van der Waals surface area contributed by atoms with Crippen LogP contribution in [0.15, 0.2) is 24.5 Å². The van der Waals surface area contributed by atoms with Gasteiger partial charge in [0, 0.05) is 18.3 Å². The molecule has 6 heteroatoms. The lowest BCUT2D eigenvalue weighted by Gasteiger charge is -2.20. The molecule has 1 unspecified atom stereocenters. The van der Waals surface area contributed by atoms with Crippen LogP contribution in [0.1, 0.15) is 37.2 Å². The zero-order valence-electron chi connectivity index (χ0n) is 12.8. The maximum Gasteiger partial charge on any atom is 0.212 e. The molecule has 0 aromatic carbocycles. The average molecular weight is 309 g/mol. The van der Waals surface area contributed by atoms with Gasteiger partial charge in [-0.2, -0.15) is 5.10 Å². The fourth-order valence-corrected chi connectivity index (χ4v) is 2.57. The maximum absolute atomic E-state index is 6.32. The second-order valence-electron chi connectivity index (χ2n) is 5.17. The number of nitrogens with zero attached hydrogens (tertiary/aromatic N) is 3. The summed E-state index contributed by atoms with van der Waals surface area (Å²) < 4.78 is 7.04. The Morgan fingerprint density at radius 3 is 2.62 bits per heavy atom. The number of hydrogen-bond donors (Lipinski definition) is 1. The number of rotatable bonds is 6. The number of nitrogens with one attached hydrogen (secondary N) is 1. The molecule has 0 aliphatic carbocycles. The number of hydrogen-bond acceptors (Lipinski definition) is 4. The first-order valence-corrected chi connectivity index (χ1v) is 7.33. The smallest absolute Gasteiger partial charge is 0.212 e. The second kappa shape index (κ2) is 6.91. The molecule has 0 aliphatic rings. The minimum Gasteiger partial charge on any atom is -0.481 e. The third-order valence-corrected chi connectivity index (χ3v) is 3.69. The van der Waals surface area contributed by atoms with Crippen molar-refractivity contribution in [3.05, 3.63) is 40.8 Å². The van der Waals surface area contributed by atoms with E-state index >= 15 is 0 Å². The van der Waals surface area contributed by atoms with Crippen LogP contribution in [0.4, 0.5) is 0 Å². The van der Waals surface area contributed by atoms with E-state index in [2.05, 4.69) is 29.2 Å². The third-order valence-electron chi connectivity index (χ3n) is 3.40. The van der Waals surface area contributed by atoms with Crippen molar-refractivity contribution in [1.29, 1.82) is 0 Å². The van der Waals surface area contributed by atoms with Gasteiger partial charge in [0.25, 0.3) is 0 Å². The van der Waals surface area contributed by atoms with Crippen LogP contribution in [0.25, 0.3) is 0 Å². The summed E-state index contributed by atoms with van der Waals surface area (Å²) in [6.45, 7) is 4.18. The Morgan fingerprint density at radius 1 is 1.33 bits per heavy atom. The van der Waals surface area contributed by atoms with Gasteiger partial charge >= 0.3 is 0 Å². The van der Waals surface area contributed by atoms with Crippen molar-refractivity contribution in [2.45, 2.75) is 32.4 Å². The van der Waals surface area contributed by atoms with E-state index in [0.717, 1.165) is 17.7 Å². The number of likely N-dealkylation sites (N-methyl/N-ethyl adjacent to an activating group) is 1. The summed E-state index contributed by atoms with van der Waals surface area (Å²) >= 11 is 6.32. The van der Waals surface area contributed by atoms with E-state index < -0.39 is 0 Å². The summed E-state index contributed by atoms with van der Waals surface area (Å²) in [4.78, 5) is 4.24. The number of ether oxygens (including phenoxy) is 1. The highest BCUT2D eigenvalue weighted by atomic mass is 35.5. The summed E-state index contributed by atoms with van der Waals surface area (Å²) in [5.74, 6) is 0.616. The Bertz CT molecular complexity index is 580. The molecule has 2 heterocycles. The van der Waals surface area contributed by atoms with Crippen LogP contribution in [-0.2, 0) is 6.42 Å². The van der Waals surface area contributed by atoms with Crippen molar-refractivity contribution in [1.82, 2.24) is 20.1 Å². The molecule has 2 rings (SSSR count). The Morgan fingerprint density at radius 2 is 2.10 bits per heavy atom. The lowest BCUT2D eigenvalue weighted by Crippen LogP contribution is -2.23. The maximum atomic E-state index is 6.32. The molecule has 0 aliphatic heterocycles. The van der Waals surface area contributed by atoms with Crippen LogP contribution < -0.4 is 10.1 Å². The van der Waals surface area contributed by atoms with Gasteiger partial charge in [-0.3, -0.25) is 4.68 Å². The highest BCUT2D eigenvalue weighted by Gasteiger charge is 2.21. The highest BCUT2D eigenvalue weighted by Crippen LogP contribution is 2.27. The molecule has 0 fully saturated rings. The summed E-state index contributed by atoms with van der Waals surface area (Å²) in [5, 5.41) is 8.36. The molecule has 0 saturated heterocycles. The normalized spacial score (nSPS) is 12.7. The van der Waals surface area contributed by atoms with Crippen LogP contribution in [0.2, 0.25) is 5.02 Å². The zero-order valence-corrected chi connectivity index (χ0v) is 13.6. The van der Waals surface area contributed by atoms with Gasteiger partial charge < -0.3 is 10.1 Å². The van der Waals surface area contributed by atoms with E-state index in [0.29, 0.717) is 10.9 Å². The first-order valence-electron chi connectivity index (χ1n) is 6.96. The molecule has 0 radical (unpaired) electrons. The second-order valence-corrected chi connectivity index (χ2v) is 5.58. The van der Waals surface area contributed by atoms with Crippen LogP contribution >= 0.6 is 11.6 Å². The Hall–Kier alpha value is -1.59. The van der Waals surface area contributed by atoms with Gasteiger partial charge in [-0.25, -0.2) is 4.98 Å². The molecule has 1 N–H and O–H groups in total. The van der Waals surface area contributed by atoms with Gasteiger partial charge in [0.15, 0.2) is 0 Å². The average Bonchev–Trinajstić information content (AvgIpc) is 2.87. The van der Waals surface area contributed by atoms with Crippen molar-refractivity contribution in [3.8, 4) is 5.88 Å². The van der Waals surface area contributed by atoms with Gasteiger partial charge in [0.2, 0.25) is 5.88 Å². The van der Waals surface area contributed by atoms with E-state index in [1.807, 2.05) is 30.1 Å². The molecule has 0 spiro atoms. The van der Waals surface area contributed by atoms with Gasteiger partial charge in [0.1, 0.15) is 0 Å². The van der Waals surface area contributed by atoms with Gasteiger partial charge in [0.05, 0.1) is 30.1 Å². The van der Waals surface area contributed by atoms with E-state index in [1.165, 1.54) is 0 Å². The molecular weight excluding hydrogens is 288 g/mol. The molecule has 0 amide bonds. The number of pyridine rings is 1. The van der Waals surface area contributed by atoms with Crippen molar-refractivity contribution < 1.29 is 4.74 Å². The van der Waals surface area contributed by atoms with Crippen molar-refractivity contribution in [2.75, 3.05) is 14.2 Å². The largest absolute Gasteiger partial charge is 0.481 e. The van der Waals surface area contributed by atoms with E-state index in [1.54, 1.807) is 13.3 Å². The van der Waals surface area contributed by atoms with E-state index in [9.17, 15) is 0 Å². The Labute approximate surface area is 130 Å². The number of aromatic nitrogens is 3. The SMILES string of the molecule is CNC(Cc1ccc(OC)nc1)c1c(Cl)cnn1C(C)C. The number of methoxy groups -OCH3 is 1. The van der Waals surface area contributed by atoms with Gasteiger partial charge in [-0.15, -0.1) is 0 Å². The fraction of sp³-hybridized carbons (Fsp3) is 0.467. The lowest BCUT2D eigenvalue weighted by molar-refractivity contribution is 0.397. The van der Waals surface area contributed by atoms with Crippen LogP contribution in [-0.4, -0.2) is 28.9 Å². The van der Waals surface area contributed by atoms with Crippen molar-refractivity contribution in [2.24, 2.45) is 0 Å². The Kier molecular flexibility index (Phi) is 5.20. The fourth-order valence-electron chi connectivity index (χ4n) is 2.31. The quantitative estimate of drug-likeness (QED) is 0.891. The Balaban J connectivity index is 2.25. The molecule has 114 valence electrons. The van der Waals surface area contributed by atoms with Gasteiger partial charge in [-0.05, 0) is 32.9 Å². The van der Waals surface area contributed by atoms with Crippen LogP contribution in [0.3, 0.4) is 0 Å². The molecule has 2 aromatic heterocycles. The van der Waals surface area contributed by atoms with E-state index in [4.69, 9.17) is 16.3 Å². The minimum absolute atomic E-state index is 0.0811. The molecule has 2 aromatic rings.